The van der Waals surface area contributed by atoms with Crippen LogP contribution in [-0.2, 0) is 6.42 Å². The van der Waals surface area contributed by atoms with Crippen molar-refractivity contribution in [3.63, 3.8) is 0 Å². The van der Waals surface area contributed by atoms with Crippen molar-refractivity contribution in [1.82, 2.24) is 0 Å². The van der Waals surface area contributed by atoms with Crippen LogP contribution < -0.4 is 16.2 Å². The van der Waals surface area contributed by atoms with Gasteiger partial charge >= 0.3 is 0 Å². The maximum atomic E-state index is 12.7. The number of carbonyl (C=O) groups is 1. The number of benzene rings is 2. The molecule has 4 nitrogen and oxygen atoms in total. The summed E-state index contributed by atoms with van der Waals surface area (Å²) in [5, 5.41) is 0. The average molecular weight is 283 g/mol. The maximum absolute atomic E-state index is 12.7. The first-order chi connectivity index (χ1) is 10.1. The Labute approximate surface area is 125 Å². The molecule has 0 unspecified atom stereocenters. The van der Waals surface area contributed by atoms with Gasteiger partial charge < -0.3 is 10.3 Å². The van der Waals surface area contributed by atoms with Gasteiger partial charge in [-0.05, 0) is 43.2 Å². The molecule has 0 heterocycles. The minimum Gasteiger partial charge on any atom is -0.323 e. The lowest BCUT2D eigenvalue weighted by Gasteiger charge is -2.19. The van der Waals surface area contributed by atoms with Crippen LogP contribution in [0.25, 0.3) is 0 Å². The molecule has 0 aliphatic heterocycles. The molecule has 0 bridgehead atoms. The molecule has 4 heteroatoms. The van der Waals surface area contributed by atoms with Crippen LogP contribution in [0.3, 0.4) is 0 Å². The minimum atomic E-state index is -0.0871. The van der Waals surface area contributed by atoms with Crippen molar-refractivity contribution in [2.24, 2.45) is 5.84 Å². The minimum absolute atomic E-state index is 0.0871. The number of nitrogens with two attached hydrogens (primary N) is 1. The third kappa shape index (κ3) is 3.23. The van der Waals surface area contributed by atoms with Gasteiger partial charge in [-0.15, -0.1) is 0 Å². The zero-order valence-electron chi connectivity index (χ0n) is 12.7. The number of nitrogen functional groups attached to an aromatic ring is 1. The lowest BCUT2D eigenvalue weighted by Crippen LogP contribution is -2.27. The number of hydrazine groups is 1. The Bertz CT molecular complexity index is 635. The Hall–Kier alpha value is -2.33. The third-order valence-corrected chi connectivity index (χ3v) is 3.60. The Kier molecular flexibility index (Phi) is 4.60. The van der Waals surface area contributed by atoms with E-state index < -0.39 is 0 Å². The smallest absolute Gasteiger partial charge is 0.260 e. The summed E-state index contributed by atoms with van der Waals surface area (Å²) in [6.07, 6.45) is 0.983. The molecule has 110 valence electrons. The average Bonchev–Trinajstić information content (AvgIpc) is 2.53. The van der Waals surface area contributed by atoms with Gasteiger partial charge in [0.25, 0.3) is 5.91 Å². The lowest BCUT2D eigenvalue weighted by atomic mass is 10.1. The highest BCUT2D eigenvalue weighted by Crippen LogP contribution is 2.22. The first-order valence-electron chi connectivity index (χ1n) is 7.01. The van der Waals surface area contributed by atoms with Crippen molar-refractivity contribution in [2.75, 3.05) is 17.4 Å². The highest BCUT2D eigenvalue weighted by atomic mass is 16.2. The monoisotopic (exact) mass is 283 g/mol. The molecule has 1 amide bonds. The molecular weight excluding hydrogens is 262 g/mol. The van der Waals surface area contributed by atoms with Gasteiger partial charge in [-0.2, -0.15) is 0 Å². The number of anilines is 2. The second-order valence-corrected chi connectivity index (χ2v) is 5.08. The maximum Gasteiger partial charge on any atom is 0.260 e. The van der Waals surface area contributed by atoms with E-state index in [0.29, 0.717) is 11.3 Å². The summed E-state index contributed by atoms with van der Waals surface area (Å²) in [6, 6.07) is 13.6. The van der Waals surface area contributed by atoms with E-state index in [4.69, 9.17) is 5.84 Å². The number of hydrogen-bond acceptors (Lipinski definition) is 3. The standard InChI is InChI=1S/C17H21N3O/c1-4-13-6-8-14(9-7-13)20(3)17(21)15-11-12(2)5-10-16(15)19-18/h5-11,19H,4,18H2,1-3H3. The lowest BCUT2D eigenvalue weighted by molar-refractivity contribution is 0.0993. The summed E-state index contributed by atoms with van der Waals surface area (Å²) in [7, 11) is 1.77. The van der Waals surface area contributed by atoms with Crippen LogP contribution in [0.1, 0.15) is 28.4 Å². The number of amides is 1. The van der Waals surface area contributed by atoms with Gasteiger partial charge in [-0.25, -0.2) is 0 Å². The molecule has 0 saturated carbocycles. The van der Waals surface area contributed by atoms with Crippen molar-refractivity contribution in [3.8, 4) is 0 Å². The van der Waals surface area contributed by atoms with Crippen LogP contribution in [0.5, 0.6) is 0 Å². The van der Waals surface area contributed by atoms with Gasteiger partial charge in [-0.3, -0.25) is 10.6 Å². The topological polar surface area (TPSA) is 58.4 Å². The fourth-order valence-electron chi connectivity index (χ4n) is 2.21. The Morgan fingerprint density at radius 1 is 1.19 bits per heavy atom. The van der Waals surface area contributed by atoms with Gasteiger partial charge in [0.2, 0.25) is 0 Å². The number of hydrogen-bond donors (Lipinski definition) is 2. The summed E-state index contributed by atoms with van der Waals surface area (Å²) in [6.45, 7) is 4.06. The molecule has 0 spiro atoms. The normalized spacial score (nSPS) is 10.3. The molecule has 2 aromatic carbocycles. The van der Waals surface area contributed by atoms with Gasteiger partial charge in [-0.1, -0.05) is 30.7 Å². The third-order valence-electron chi connectivity index (χ3n) is 3.60. The number of aryl methyl sites for hydroxylation is 2. The fourth-order valence-corrected chi connectivity index (χ4v) is 2.21. The largest absolute Gasteiger partial charge is 0.323 e. The predicted octanol–water partition coefficient (Wildman–Crippen LogP) is 3.12. The van der Waals surface area contributed by atoms with E-state index in [9.17, 15) is 4.79 Å². The number of nitrogens with zero attached hydrogens (tertiary/aromatic N) is 1. The van der Waals surface area contributed by atoms with Crippen molar-refractivity contribution >= 4 is 17.3 Å². The Balaban J connectivity index is 2.32. The summed E-state index contributed by atoms with van der Waals surface area (Å²) in [4.78, 5) is 14.3. The van der Waals surface area contributed by atoms with Crippen molar-refractivity contribution in [1.29, 1.82) is 0 Å². The Morgan fingerprint density at radius 2 is 1.86 bits per heavy atom. The van der Waals surface area contributed by atoms with Crippen molar-refractivity contribution < 1.29 is 4.79 Å². The van der Waals surface area contributed by atoms with Gasteiger partial charge in [0, 0.05) is 12.7 Å². The molecule has 2 rings (SSSR count). The Morgan fingerprint density at radius 3 is 2.43 bits per heavy atom. The molecule has 0 aliphatic rings. The molecule has 0 radical (unpaired) electrons. The molecule has 0 aromatic heterocycles. The highest BCUT2D eigenvalue weighted by molar-refractivity contribution is 6.09. The van der Waals surface area contributed by atoms with Crippen LogP contribution in [0, 0.1) is 6.92 Å². The van der Waals surface area contributed by atoms with Crippen LogP contribution in [-0.4, -0.2) is 13.0 Å². The zero-order chi connectivity index (χ0) is 15.4. The zero-order valence-corrected chi connectivity index (χ0v) is 12.7. The first-order valence-corrected chi connectivity index (χ1v) is 7.01. The van der Waals surface area contributed by atoms with E-state index in [1.807, 2.05) is 49.4 Å². The van der Waals surface area contributed by atoms with Crippen molar-refractivity contribution in [3.05, 3.63) is 59.2 Å². The molecule has 0 atom stereocenters. The van der Waals surface area contributed by atoms with Gasteiger partial charge in [0.1, 0.15) is 0 Å². The van der Waals surface area contributed by atoms with Crippen LogP contribution in [0.15, 0.2) is 42.5 Å². The summed E-state index contributed by atoms with van der Waals surface area (Å²) < 4.78 is 0. The molecule has 2 aromatic rings. The first kappa shape index (κ1) is 15.1. The number of rotatable bonds is 4. The van der Waals surface area contributed by atoms with Crippen molar-refractivity contribution in [2.45, 2.75) is 20.3 Å². The highest BCUT2D eigenvalue weighted by Gasteiger charge is 2.17. The predicted molar refractivity (Wildman–Crippen MR) is 87.5 cm³/mol. The summed E-state index contributed by atoms with van der Waals surface area (Å²) >= 11 is 0. The second kappa shape index (κ2) is 6.41. The molecule has 0 saturated heterocycles. The number of carbonyl (C=O) groups excluding carboxylic acids is 1. The second-order valence-electron chi connectivity index (χ2n) is 5.08. The van der Waals surface area contributed by atoms with E-state index in [2.05, 4.69) is 12.3 Å². The molecule has 0 fully saturated rings. The van der Waals surface area contributed by atoms with E-state index in [1.165, 1.54) is 5.56 Å². The molecular formula is C17H21N3O. The SMILES string of the molecule is CCc1ccc(N(C)C(=O)c2cc(C)ccc2NN)cc1. The van der Waals surface area contributed by atoms with E-state index in [1.54, 1.807) is 11.9 Å². The molecule has 3 N–H and O–H groups in total. The van der Waals surface area contributed by atoms with Crippen LogP contribution in [0.4, 0.5) is 11.4 Å². The van der Waals surface area contributed by atoms with Gasteiger partial charge in [0.05, 0.1) is 11.3 Å². The quantitative estimate of drug-likeness (QED) is 0.669. The van der Waals surface area contributed by atoms with E-state index >= 15 is 0 Å². The number of nitrogens with one attached hydrogen (secondary N) is 1. The molecule has 21 heavy (non-hydrogen) atoms. The van der Waals surface area contributed by atoms with Crippen LogP contribution in [0.2, 0.25) is 0 Å². The summed E-state index contributed by atoms with van der Waals surface area (Å²) in [5.41, 5.74) is 6.91. The van der Waals surface area contributed by atoms with Crippen LogP contribution >= 0.6 is 0 Å². The fraction of sp³-hybridized carbons (Fsp3) is 0.235. The van der Waals surface area contributed by atoms with Gasteiger partial charge in [0.15, 0.2) is 0 Å². The molecule has 0 aliphatic carbocycles. The summed E-state index contributed by atoms with van der Waals surface area (Å²) in [5.74, 6) is 5.41. The van der Waals surface area contributed by atoms with E-state index in [0.717, 1.165) is 17.7 Å². The van der Waals surface area contributed by atoms with E-state index in [-0.39, 0.29) is 5.91 Å².